The summed E-state index contributed by atoms with van der Waals surface area (Å²) in [6.07, 6.45) is -34.9. The van der Waals surface area contributed by atoms with E-state index in [1.807, 2.05) is 0 Å². The first-order valence-electron chi connectivity index (χ1n) is 30.3. The minimum Gasteiger partial charge on any atom is -0.394 e. The summed E-state index contributed by atoms with van der Waals surface area (Å²) in [5, 5.41) is 164. The van der Waals surface area contributed by atoms with E-state index in [9.17, 15) is 76.6 Å². The average molecular weight is 1200 g/mol. The molecule has 27 nitrogen and oxygen atoms in total. The highest BCUT2D eigenvalue weighted by molar-refractivity contribution is 5.16. The van der Waals surface area contributed by atoms with Gasteiger partial charge in [-0.2, -0.15) is 0 Å². The Bertz CT molecular complexity index is 2150. The smallest absolute Gasteiger partial charge is 0.187 e. The molecule has 1 spiro atoms. The molecule has 36 atom stereocenters. The first-order valence-corrected chi connectivity index (χ1v) is 30.3. The SMILES string of the molecule is CC1CCC2(OC1)OC1CC3C4CCC5CC(OC6OC(CO)C(O)C(OC7OC(CO)C(O)C(OC8OCC(O)C(O)C8O)C7OC7OC(CO)C(O)C(OC8OC(CO)C(O)C(O)C8O)C7O)C6O)CCC5(C)C4CCC3(C)C1C2C. The predicted octanol–water partition coefficient (Wildman–Crippen LogP) is -4.45. The first kappa shape index (κ1) is 63.5. The second-order valence-corrected chi connectivity index (χ2v) is 26.7. The molecule has 478 valence electrons. The zero-order chi connectivity index (χ0) is 59.4. The van der Waals surface area contributed by atoms with E-state index < -0.39 is 192 Å². The van der Waals surface area contributed by atoms with Crippen LogP contribution in [0.15, 0.2) is 0 Å². The lowest BCUT2D eigenvalue weighted by Crippen LogP contribution is -2.69. The van der Waals surface area contributed by atoms with Crippen molar-refractivity contribution in [3.8, 4) is 0 Å². The third-order valence-electron chi connectivity index (χ3n) is 22.1. The van der Waals surface area contributed by atoms with Gasteiger partial charge in [-0.3, -0.25) is 0 Å². The van der Waals surface area contributed by atoms with E-state index in [0.29, 0.717) is 48.3 Å². The van der Waals surface area contributed by atoms with E-state index in [1.165, 1.54) is 0 Å². The molecule has 0 aromatic heterocycles. The summed E-state index contributed by atoms with van der Waals surface area (Å²) in [5.74, 6) is 2.70. The Labute approximate surface area is 481 Å². The maximum Gasteiger partial charge on any atom is 0.187 e. The number of aliphatic hydroxyl groups excluding tert-OH is 15. The molecule has 7 aliphatic heterocycles. The summed E-state index contributed by atoms with van der Waals surface area (Å²) in [7, 11) is 0. The van der Waals surface area contributed by atoms with Crippen molar-refractivity contribution >= 4 is 0 Å². The molecule has 0 radical (unpaired) electrons. The van der Waals surface area contributed by atoms with Crippen LogP contribution in [0.2, 0.25) is 0 Å². The van der Waals surface area contributed by atoms with Crippen LogP contribution in [0.5, 0.6) is 0 Å². The minimum atomic E-state index is -2.18. The number of fused-ring (bicyclic) bond motifs is 7. The van der Waals surface area contributed by atoms with Crippen LogP contribution in [0.1, 0.15) is 91.9 Å². The van der Waals surface area contributed by atoms with Crippen LogP contribution in [0, 0.1) is 52.3 Å². The van der Waals surface area contributed by atoms with Crippen molar-refractivity contribution in [2.75, 3.05) is 39.6 Å². The second kappa shape index (κ2) is 25.0. The lowest BCUT2D eigenvalue weighted by Gasteiger charge is -2.61. The van der Waals surface area contributed by atoms with Gasteiger partial charge in [0.1, 0.15) is 116 Å². The zero-order valence-electron chi connectivity index (χ0n) is 47.5. The Kier molecular flexibility index (Phi) is 19.1. The standard InChI is InChI=1S/C56H92O27/c1-21-7-12-56(73-19-21)22(2)34-29(83-56)14-27-25-6-5-23-13-24(8-10-54(23,3)26(25)9-11-55(27,34)4)74-51-43(70)46(38(65)31(16-58)76-51)80-53-48(47(39(66)33(18-60)78-53)81-49-41(68)35(62)28(61)20-72-49)82-52-44(71)45(37(64)32(17-59)77-52)79-50-42(69)40(67)36(63)30(15-57)75-50/h21-53,57-71H,5-20H2,1-4H3. The summed E-state index contributed by atoms with van der Waals surface area (Å²) < 4.78 is 73.6. The van der Waals surface area contributed by atoms with E-state index in [1.54, 1.807) is 0 Å². The fourth-order valence-corrected chi connectivity index (χ4v) is 17.4. The van der Waals surface area contributed by atoms with Crippen LogP contribution in [-0.4, -0.2) is 282 Å². The van der Waals surface area contributed by atoms with E-state index >= 15 is 0 Å². The molecule has 15 N–H and O–H groups in total. The van der Waals surface area contributed by atoms with Gasteiger partial charge in [-0.25, -0.2) is 0 Å². The monoisotopic (exact) mass is 1200 g/mol. The van der Waals surface area contributed by atoms with E-state index in [2.05, 4.69) is 27.7 Å². The van der Waals surface area contributed by atoms with E-state index in [4.69, 9.17) is 56.8 Å². The van der Waals surface area contributed by atoms with Crippen LogP contribution < -0.4 is 0 Å². The average Bonchev–Trinajstić information content (AvgIpc) is 3.48. The van der Waals surface area contributed by atoms with Gasteiger partial charge in [-0.05, 0) is 104 Å². The van der Waals surface area contributed by atoms with Gasteiger partial charge in [-0.1, -0.05) is 27.7 Å². The van der Waals surface area contributed by atoms with Gasteiger partial charge in [0.2, 0.25) is 0 Å². The lowest BCUT2D eigenvalue weighted by molar-refractivity contribution is -0.410. The van der Waals surface area contributed by atoms with E-state index in [0.717, 1.165) is 58.0 Å². The molecule has 7 heterocycles. The van der Waals surface area contributed by atoms with Crippen LogP contribution in [0.3, 0.4) is 0 Å². The first-order chi connectivity index (χ1) is 39.5. The van der Waals surface area contributed by atoms with Gasteiger partial charge in [0, 0.05) is 12.3 Å². The Morgan fingerprint density at radius 3 is 1.59 bits per heavy atom. The third-order valence-corrected chi connectivity index (χ3v) is 22.1. The Balaban J connectivity index is 0.809. The number of ether oxygens (including phenoxy) is 12. The summed E-state index contributed by atoms with van der Waals surface area (Å²) in [6.45, 7) is 6.15. The molecule has 36 unspecified atom stereocenters. The number of hydrogen-bond donors (Lipinski definition) is 15. The van der Waals surface area contributed by atoms with Gasteiger partial charge < -0.3 is 133 Å². The van der Waals surface area contributed by atoms with Crippen molar-refractivity contribution in [3.63, 3.8) is 0 Å². The molecule has 27 heteroatoms. The molecule has 0 aromatic rings. The summed E-state index contributed by atoms with van der Waals surface area (Å²) in [6, 6.07) is 0. The third kappa shape index (κ3) is 11.2. The number of rotatable bonds is 14. The quantitative estimate of drug-likeness (QED) is 0.0730. The van der Waals surface area contributed by atoms with Gasteiger partial charge in [0.15, 0.2) is 37.2 Å². The molecular formula is C56H92O27. The molecule has 0 amide bonds. The number of aliphatic hydroxyl groups is 15. The molecule has 7 saturated heterocycles. The number of hydrogen-bond acceptors (Lipinski definition) is 27. The molecule has 11 fully saturated rings. The van der Waals surface area contributed by atoms with Crippen molar-refractivity contribution in [3.05, 3.63) is 0 Å². The fourth-order valence-electron chi connectivity index (χ4n) is 17.4. The van der Waals surface area contributed by atoms with Crippen molar-refractivity contribution in [1.82, 2.24) is 0 Å². The van der Waals surface area contributed by atoms with Crippen LogP contribution in [0.25, 0.3) is 0 Å². The summed E-state index contributed by atoms with van der Waals surface area (Å²) in [4.78, 5) is 0. The van der Waals surface area contributed by atoms with Gasteiger partial charge in [0.05, 0.1) is 51.8 Å². The lowest BCUT2D eigenvalue weighted by atomic mass is 9.44. The Hall–Kier alpha value is -1.08. The summed E-state index contributed by atoms with van der Waals surface area (Å²) in [5.41, 5.74) is 0.177. The Morgan fingerprint density at radius 2 is 0.976 bits per heavy atom. The van der Waals surface area contributed by atoms with E-state index in [-0.39, 0.29) is 22.9 Å². The van der Waals surface area contributed by atoms with Gasteiger partial charge in [-0.15, -0.1) is 0 Å². The molecule has 4 aliphatic carbocycles. The van der Waals surface area contributed by atoms with Gasteiger partial charge >= 0.3 is 0 Å². The van der Waals surface area contributed by atoms with Crippen LogP contribution in [-0.2, 0) is 56.8 Å². The summed E-state index contributed by atoms with van der Waals surface area (Å²) >= 11 is 0. The van der Waals surface area contributed by atoms with Crippen molar-refractivity contribution in [2.24, 2.45) is 52.3 Å². The highest BCUT2D eigenvalue weighted by Crippen LogP contribution is 2.71. The highest BCUT2D eigenvalue weighted by Gasteiger charge is 2.70. The zero-order valence-corrected chi connectivity index (χ0v) is 47.5. The second-order valence-electron chi connectivity index (χ2n) is 26.7. The topological polar surface area (TPSA) is 414 Å². The fraction of sp³-hybridized carbons (Fsp3) is 1.00. The maximum absolute atomic E-state index is 12.2. The molecule has 11 aliphatic rings. The normalized spacial score (nSPS) is 57.4. The molecule has 0 bridgehead atoms. The highest BCUT2D eigenvalue weighted by atomic mass is 16.8. The molecule has 0 aromatic carbocycles. The van der Waals surface area contributed by atoms with Crippen molar-refractivity contribution < 1.29 is 133 Å². The molecule has 4 saturated carbocycles. The van der Waals surface area contributed by atoms with Crippen LogP contribution in [0.4, 0.5) is 0 Å². The molecule has 83 heavy (non-hydrogen) atoms. The van der Waals surface area contributed by atoms with Crippen molar-refractivity contribution in [2.45, 2.75) is 257 Å². The molecular weight excluding hydrogens is 1100 g/mol. The maximum atomic E-state index is 12.2. The largest absolute Gasteiger partial charge is 0.394 e. The molecule has 11 rings (SSSR count). The van der Waals surface area contributed by atoms with Gasteiger partial charge in [0.25, 0.3) is 0 Å². The predicted molar refractivity (Wildman–Crippen MR) is 275 cm³/mol. The Morgan fingerprint density at radius 1 is 0.446 bits per heavy atom. The minimum absolute atomic E-state index is 0.0208. The van der Waals surface area contributed by atoms with Crippen LogP contribution >= 0.6 is 0 Å². The van der Waals surface area contributed by atoms with Crippen molar-refractivity contribution in [1.29, 1.82) is 0 Å².